The van der Waals surface area contributed by atoms with E-state index in [0.29, 0.717) is 18.8 Å². The Morgan fingerprint density at radius 2 is 1.62 bits per heavy atom. The molecule has 0 bridgehead atoms. The molecule has 4 rings (SSSR count). The highest BCUT2D eigenvalue weighted by Gasteiger charge is 2.32. The van der Waals surface area contributed by atoms with E-state index in [1.54, 1.807) is 24.3 Å². The number of quaternary nitrogens is 1. The predicted octanol–water partition coefficient (Wildman–Crippen LogP) is -0.885. The number of piperazine rings is 1. The second-order valence-electron chi connectivity index (χ2n) is 6.75. The molecule has 1 aliphatic rings. The minimum Gasteiger partial charge on any atom is -0.314 e. The van der Waals surface area contributed by atoms with Gasteiger partial charge in [0.25, 0.3) is 0 Å². The summed E-state index contributed by atoms with van der Waals surface area (Å²) in [4.78, 5) is 13.2. The number of tetrazole rings is 1. The van der Waals surface area contributed by atoms with Crippen LogP contribution in [-0.2, 0) is 16.7 Å². The number of nitrogens with zero attached hydrogens (tertiary/aromatic N) is 5. The van der Waals surface area contributed by atoms with Crippen molar-refractivity contribution in [2.45, 2.75) is 11.6 Å². The average molecular weight is 419 g/mol. The maximum atomic E-state index is 13.9. The van der Waals surface area contributed by atoms with Crippen LogP contribution < -0.4 is 10.6 Å². The third-order valence-corrected chi connectivity index (χ3v) is 6.83. The number of aromatic nitrogens is 4. The van der Waals surface area contributed by atoms with Crippen LogP contribution in [0.25, 0.3) is 5.69 Å². The molecule has 9 nitrogen and oxygen atoms in total. The Hall–Kier alpha value is -2.89. The first kappa shape index (κ1) is 19.4. The first-order valence-electron chi connectivity index (χ1n) is 9.13. The van der Waals surface area contributed by atoms with Gasteiger partial charge in [0.05, 0.1) is 31.9 Å². The third kappa shape index (κ3) is 3.84. The van der Waals surface area contributed by atoms with Gasteiger partial charge < -0.3 is 4.90 Å². The van der Waals surface area contributed by atoms with E-state index in [9.17, 15) is 17.6 Å². The molecular weight excluding hydrogens is 399 g/mol. The second kappa shape index (κ2) is 7.85. The van der Waals surface area contributed by atoms with Gasteiger partial charge in [-0.05, 0) is 34.7 Å². The standard InChI is InChI=1S/C18H19FN6O3S/c19-16-8-4-5-9-17(16)29(27,28)23-12-10-22(11-13-23)14-24-18(26)25(21-20-24)15-6-2-1-3-7-15/h1-9H,10-14H2/p+1. The molecule has 0 aliphatic carbocycles. The fraction of sp³-hybridized carbons (Fsp3) is 0.278. The van der Waals surface area contributed by atoms with Gasteiger partial charge in [0.15, 0.2) is 6.67 Å². The first-order chi connectivity index (χ1) is 14.0. The lowest BCUT2D eigenvalue weighted by Crippen LogP contribution is -3.14. The fourth-order valence-corrected chi connectivity index (χ4v) is 4.82. The van der Waals surface area contributed by atoms with Crippen molar-refractivity contribution >= 4 is 10.0 Å². The number of rotatable bonds is 5. The summed E-state index contributed by atoms with van der Waals surface area (Å²) in [6.07, 6.45) is 0. The Kier molecular flexibility index (Phi) is 5.26. The van der Waals surface area contributed by atoms with Crippen molar-refractivity contribution in [3.63, 3.8) is 0 Å². The van der Waals surface area contributed by atoms with E-state index in [1.165, 1.54) is 31.9 Å². The summed E-state index contributed by atoms with van der Waals surface area (Å²) in [5.41, 5.74) is 0.268. The molecule has 2 aromatic carbocycles. The lowest BCUT2D eigenvalue weighted by Gasteiger charge is -2.31. The number of halogens is 1. The van der Waals surface area contributed by atoms with E-state index >= 15 is 0 Å². The van der Waals surface area contributed by atoms with Crippen LogP contribution in [0.4, 0.5) is 4.39 Å². The van der Waals surface area contributed by atoms with Crippen molar-refractivity contribution in [1.82, 2.24) is 24.1 Å². The van der Waals surface area contributed by atoms with Crippen molar-refractivity contribution in [2.24, 2.45) is 0 Å². The minimum absolute atomic E-state index is 0.230. The van der Waals surface area contributed by atoms with Gasteiger partial charge in [0.2, 0.25) is 10.0 Å². The molecule has 11 heteroatoms. The molecule has 1 aromatic heterocycles. The molecule has 2 heterocycles. The van der Waals surface area contributed by atoms with E-state index in [2.05, 4.69) is 10.4 Å². The summed E-state index contributed by atoms with van der Waals surface area (Å²) in [7, 11) is -3.88. The van der Waals surface area contributed by atoms with Gasteiger partial charge in [-0.1, -0.05) is 30.3 Å². The van der Waals surface area contributed by atoms with E-state index in [4.69, 9.17) is 0 Å². The zero-order valence-electron chi connectivity index (χ0n) is 15.5. The molecule has 0 saturated carbocycles. The quantitative estimate of drug-likeness (QED) is 0.579. The fourth-order valence-electron chi connectivity index (χ4n) is 3.31. The third-order valence-electron chi connectivity index (χ3n) is 4.90. The second-order valence-corrected chi connectivity index (χ2v) is 8.66. The lowest BCUT2D eigenvalue weighted by atomic mass is 10.3. The number of hydrogen-bond acceptors (Lipinski definition) is 5. The van der Waals surface area contributed by atoms with Gasteiger partial charge >= 0.3 is 5.69 Å². The summed E-state index contributed by atoms with van der Waals surface area (Å²) in [6.45, 7) is 1.68. The van der Waals surface area contributed by atoms with Crippen LogP contribution >= 0.6 is 0 Å². The largest absolute Gasteiger partial charge is 0.373 e. The summed E-state index contributed by atoms with van der Waals surface area (Å²) >= 11 is 0. The summed E-state index contributed by atoms with van der Waals surface area (Å²) in [5, 5.41) is 7.84. The average Bonchev–Trinajstić information content (AvgIpc) is 3.09. The Bertz CT molecular complexity index is 1150. The van der Waals surface area contributed by atoms with Crippen LogP contribution in [-0.4, -0.2) is 58.7 Å². The Morgan fingerprint density at radius 3 is 2.31 bits per heavy atom. The molecule has 0 radical (unpaired) electrons. The number of para-hydroxylation sites is 1. The van der Waals surface area contributed by atoms with Gasteiger partial charge in [-0.25, -0.2) is 17.6 Å². The normalized spacial score (nSPS) is 16.2. The van der Waals surface area contributed by atoms with Gasteiger partial charge in [0.1, 0.15) is 10.7 Å². The smallest absolute Gasteiger partial charge is 0.314 e. The summed E-state index contributed by atoms with van der Waals surface area (Å²) in [5.74, 6) is -0.758. The molecule has 1 saturated heterocycles. The van der Waals surface area contributed by atoms with Gasteiger partial charge in [0, 0.05) is 0 Å². The molecule has 3 aromatic rings. The van der Waals surface area contributed by atoms with E-state index in [0.717, 1.165) is 11.0 Å². The zero-order chi connectivity index (χ0) is 20.4. The molecule has 1 aliphatic heterocycles. The molecule has 29 heavy (non-hydrogen) atoms. The van der Waals surface area contributed by atoms with Crippen molar-refractivity contribution < 1.29 is 17.7 Å². The predicted molar refractivity (Wildman–Crippen MR) is 101 cm³/mol. The molecule has 0 spiro atoms. The number of sulfonamides is 1. The van der Waals surface area contributed by atoms with Gasteiger partial charge in [-0.3, -0.25) is 0 Å². The molecule has 152 valence electrons. The zero-order valence-corrected chi connectivity index (χ0v) is 16.3. The Balaban J connectivity index is 1.43. The maximum Gasteiger partial charge on any atom is 0.373 e. The van der Waals surface area contributed by atoms with Gasteiger partial charge in [-0.15, -0.1) is 4.68 Å². The molecule has 0 atom stereocenters. The number of benzene rings is 2. The van der Waals surface area contributed by atoms with Crippen molar-refractivity contribution in [2.75, 3.05) is 26.2 Å². The highest BCUT2D eigenvalue weighted by Crippen LogP contribution is 2.18. The SMILES string of the molecule is O=c1n(C[NH+]2CCN(S(=O)(=O)c3ccccc3F)CC2)nnn1-c1ccccc1. The maximum absolute atomic E-state index is 13.9. The summed E-state index contributed by atoms with van der Waals surface area (Å²) in [6, 6.07) is 14.3. The van der Waals surface area contributed by atoms with Crippen LogP contribution in [0.5, 0.6) is 0 Å². The van der Waals surface area contributed by atoms with Crippen LogP contribution in [0.2, 0.25) is 0 Å². The van der Waals surface area contributed by atoms with Crippen molar-refractivity contribution in [3.05, 3.63) is 70.9 Å². The van der Waals surface area contributed by atoms with Gasteiger partial charge in [-0.2, -0.15) is 8.99 Å². The highest BCUT2D eigenvalue weighted by atomic mass is 32.2. The van der Waals surface area contributed by atoms with Crippen molar-refractivity contribution in [1.29, 1.82) is 0 Å². The van der Waals surface area contributed by atoms with E-state index in [-0.39, 0.29) is 30.3 Å². The van der Waals surface area contributed by atoms with Crippen LogP contribution in [0, 0.1) is 5.82 Å². The van der Waals surface area contributed by atoms with E-state index in [1.807, 2.05) is 6.07 Å². The molecule has 0 amide bonds. The topological polar surface area (TPSA) is 94.5 Å². The monoisotopic (exact) mass is 419 g/mol. The Labute approximate surface area is 166 Å². The summed E-state index contributed by atoms with van der Waals surface area (Å²) < 4.78 is 43.1. The Morgan fingerprint density at radius 1 is 0.966 bits per heavy atom. The molecular formula is C18H20FN6O3S+. The highest BCUT2D eigenvalue weighted by molar-refractivity contribution is 7.89. The van der Waals surface area contributed by atoms with Crippen LogP contribution in [0.3, 0.4) is 0 Å². The molecule has 1 fully saturated rings. The van der Waals surface area contributed by atoms with E-state index < -0.39 is 15.8 Å². The minimum atomic E-state index is -3.88. The van der Waals surface area contributed by atoms with Crippen molar-refractivity contribution in [3.8, 4) is 5.69 Å². The number of nitrogens with one attached hydrogen (secondary N) is 1. The number of hydrogen-bond donors (Lipinski definition) is 1. The van der Waals surface area contributed by atoms with Crippen LogP contribution in [0.15, 0.2) is 64.3 Å². The van der Waals surface area contributed by atoms with Crippen LogP contribution in [0.1, 0.15) is 0 Å². The molecule has 0 unspecified atom stereocenters. The molecule has 1 N–H and O–H groups in total. The lowest BCUT2D eigenvalue weighted by molar-refractivity contribution is -0.927. The first-order valence-corrected chi connectivity index (χ1v) is 10.6.